The summed E-state index contributed by atoms with van der Waals surface area (Å²) < 4.78 is 20.1. The second-order valence-corrected chi connectivity index (χ2v) is 5.44. The number of benzene rings is 1. The Labute approximate surface area is 121 Å². The summed E-state index contributed by atoms with van der Waals surface area (Å²) in [6.45, 7) is 0. The Balaban J connectivity index is 2.22. The zero-order chi connectivity index (χ0) is 13.1. The fourth-order valence-corrected chi connectivity index (χ4v) is 2.40. The number of nitrogens with two attached hydrogens (primary N) is 1. The normalized spacial score (nSPS) is 12.7. The van der Waals surface area contributed by atoms with E-state index in [0.29, 0.717) is 16.9 Å². The van der Waals surface area contributed by atoms with Gasteiger partial charge < -0.3 is 4.42 Å². The zero-order valence-corrected chi connectivity index (χ0v) is 12.5. The molecular formula is C12H11Br2FN2O. The molecule has 0 bridgehead atoms. The lowest BCUT2D eigenvalue weighted by atomic mass is 10.0. The maximum atomic E-state index is 13.2. The lowest BCUT2D eigenvalue weighted by molar-refractivity contribution is 0.404. The van der Waals surface area contributed by atoms with E-state index in [4.69, 9.17) is 10.3 Å². The van der Waals surface area contributed by atoms with Gasteiger partial charge in [0.1, 0.15) is 11.6 Å². The second kappa shape index (κ2) is 5.97. The van der Waals surface area contributed by atoms with Crippen LogP contribution in [-0.4, -0.2) is 0 Å². The molecule has 1 atom stereocenters. The molecule has 0 amide bonds. The zero-order valence-electron chi connectivity index (χ0n) is 9.29. The molecule has 6 heteroatoms. The molecule has 1 heterocycles. The van der Waals surface area contributed by atoms with Gasteiger partial charge in [-0.25, -0.2) is 9.82 Å². The highest BCUT2D eigenvalue weighted by Crippen LogP contribution is 2.26. The van der Waals surface area contributed by atoms with Crippen LogP contribution in [0.15, 0.2) is 43.9 Å². The van der Waals surface area contributed by atoms with Crippen LogP contribution in [0.1, 0.15) is 17.4 Å². The number of nitrogens with one attached hydrogen (secondary N) is 1. The van der Waals surface area contributed by atoms with Crippen LogP contribution in [-0.2, 0) is 6.42 Å². The van der Waals surface area contributed by atoms with Crippen LogP contribution in [0.5, 0.6) is 0 Å². The van der Waals surface area contributed by atoms with Gasteiger partial charge in [-0.15, -0.1) is 0 Å². The predicted octanol–water partition coefficient (Wildman–Crippen LogP) is 3.69. The quantitative estimate of drug-likeness (QED) is 0.631. The van der Waals surface area contributed by atoms with Crippen molar-refractivity contribution in [2.45, 2.75) is 12.5 Å². The fourth-order valence-electron chi connectivity index (χ4n) is 1.68. The fraction of sp³-hybridized carbons (Fsp3) is 0.167. The first-order chi connectivity index (χ1) is 8.60. The molecule has 0 aliphatic carbocycles. The summed E-state index contributed by atoms with van der Waals surface area (Å²) >= 11 is 6.63. The highest BCUT2D eigenvalue weighted by molar-refractivity contribution is 9.10. The van der Waals surface area contributed by atoms with Gasteiger partial charge in [0, 0.05) is 4.47 Å². The van der Waals surface area contributed by atoms with Gasteiger partial charge in [0.05, 0.1) is 6.04 Å². The molecule has 3 nitrogen and oxygen atoms in total. The van der Waals surface area contributed by atoms with Crippen LogP contribution in [0, 0.1) is 5.82 Å². The molecule has 0 saturated heterocycles. The smallest absolute Gasteiger partial charge is 0.169 e. The molecule has 96 valence electrons. The van der Waals surface area contributed by atoms with Gasteiger partial charge in [-0.1, -0.05) is 15.9 Å². The molecule has 2 aromatic rings. The van der Waals surface area contributed by atoms with Gasteiger partial charge in [-0.05, 0) is 58.2 Å². The van der Waals surface area contributed by atoms with Crippen molar-refractivity contribution in [2.24, 2.45) is 5.84 Å². The number of rotatable bonds is 4. The molecule has 0 fully saturated rings. The summed E-state index contributed by atoms with van der Waals surface area (Å²) in [6, 6.07) is 7.96. The summed E-state index contributed by atoms with van der Waals surface area (Å²) in [5, 5.41) is 0. The molecule has 18 heavy (non-hydrogen) atoms. The molecule has 1 aromatic carbocycles. The first kappa shape index (κ1) is 13.7. The summed E-state index contributed by atoms with van der Waals surface area (Å²) in [4.78, 5) is 0. The Bertz CT molecular complexity index is 545. The van der Waals surface area contributed by atoms with E-state index in [2.05, 4.69) is 37.3 Å². The monoisotopic (exact) mass is 376 g/mol. The lowest BCUT2D eigenvalue weighted by Gasteiger charge is -2.14. The highest BCUT2D eigenvalue weighted by Gasteiger charge is 2.16. The topological polar surface area (TPSA) is 51.2 Å². The largest absolute Gasteiger partial charge is 0.453 e. The first-order valence-corrected chi connectivity index (χ1v) is 6.84. The maximum absolute atomic E-state index is 13.2. The number of furan rings is 1. The molecule has 0 aliphatic heterocycles. The van der Waals surface area contributed by atoms with E-state index in [1.807, 2.05) is 6.07 Å². The van der Waals surface area contributed by atoms with Gasteiger partial charge in [-0.3, -0.25) is 5.84 Å². The van der Waals surface area contributed by atoms with Crippen LogP contribution in [0.3, 0.4) is 0 Å². The molecule has 0 radical (unpaired) electrons. The number of halogens is 3. The van der Waals surface area contributed by atoms with E-state index in [1.54, 1.807) is 12.1 Å². The third-order valence-corrected chi connectivity index (χ3v) is 3.77. The standard InChI is InChI=1S/C12H11Br2FN2O/c13-9-2-1-8(15)5-7(9)6-10(17-16)11-3-4-12(14)18-11/h1-5,10,17H,6,16H2. The van der Waals surface area contributed by atoms with E-state index in [9.17, 15) is 4.39 Å². The Hall–Kier alpha value is -0.690. The second-order valence-electron chi connectivity index (χ2n) is 3.80. The van der Waals surface area contributed by atoms with Crippen molar-refractivity contribution in [1.82, 2.24) is 5.43 Å². The average Bonchev–Trinajstić information content (AvgIpc) is 2.77. The third kappa shape index (κ3) is 3.20. The predicted molar refractivity (Wildman–Crippen MR) is 74.3 cm³/mol. The Morgan fingerprint density at radius 2 is 2.06 bits per heavy atom. The van der Waals surface area contributed by atoms with Crippen molar-refractivity contribution in [3.05, 3.63) is 56.6 Å². The van der Waals surface area contributed by atoms with Crippen molar-refractivity contribution in [3.8, 4) is 0 Å². The molecule has 0 saturated carbocycles. The van der Waals surface area contributed by atoms with Crippen LogP contribution >= 0.6 is 31.9 Å². The van der Waals surface area contributed by atoms with Crippen molar-refractivity contribution in [1.29, 1.82) is 0 Å². The molecule has 0 spiro atoms. The van der Waals surface area contributed by atoms with Gasteiger partial charge >= 0.3 is 0 Å². The molecule has 0 aliphatic rings. The van der Waals surface area contributed by atoms with Gasteiger partial charge in [0.2, 0.25) is 0 Å². The van der Waals surface area contributed by atoms with E-state index < -0.39 is 0 Å². The molecule has 1 aromatic heterocycles. The van der Waals surface area contributed by atoms with Crippen molar-refractivity contribution < 1.29 is 8.81 Å². The van der Waals surface area contributed by atoms with Crippen molar-refractivity contribution in [3.63, 3.8) is 0 Å². The lowest BCUT2D eigenvalue weighted by Crippen LogP contribution is -2.29. The maximum Gasteiger partial charge on any atom is 0.169 e. The van der Waals surface area contributed by atoms with Crippen molar-refractivity contribution in [2.75, 3.05) is 0 Å². The molecule has 1 unspecified atom stereocenters. The number of hydrogen-bond acceptors (Lipinski definition) is 3. The summed E-state index contributed by atoms with van der Waals surface area (Å²) in [7, 11) is 0. The highest BCUT2D eigenvalue weighted by atomic mass is 79.9. The Morgan fingerprint density at radius 3 is 2.67 bits per heavy atom. The minimum atomic E-state index is -0.274. The summed E-state index contributed by atoms with van der Waals surface area (Å²) in [5.74, 6) is 5.94. The van der Waals surface area contributed by atoms with E-state index in [1.165, 1.54) is 12.1 Å². The Kier molecular flexibility index (Phi) is 4.55. The van der Waals surface area contributed by atoms with Crippen LogP contribution in [0.2, 0.25) is 0 Å². The minimum Gasteiger partial charge on any atom is -0.453 e. The minimum absolute atomic E-state index is 0.214. The number of hydrazine groups is 1. The summed E-state index contributed by atoms with van der Waals surface area (Å²) in [6.07, 6.45) is 0.523. The molecule has 3 N–H and O–H groups in total. The van der Waals surface area contributed by atoms with E-state index in [-0.39, 0.29) is 11.9 Å². The van der Waals surface area contributed by atoms with Crippen LogP contribution in [0.4, 0.5) is 4.39 Å². The van der Waals surface area contributed by atoms with E-state index in [0.717, 1.165) is 10.0 Å². The third-order valence-electron chi connectivity index (χ3n) is 2.57. The van der Waals surface area contributed by atoms with E-state index >= 15 is 0 Å². The van der Waals surface area contributed by atoms with Crippen LogP contribution in [0.25, 0.3) is 0 Å². The average molecular weight is 378 g/mol. The number of hydrogen-bond donors (Lipinski definition) is 2. The molecule has 2 rings (SSSR count). The van der Waals surface area contributed by atoms with Gasteiger partial charge in [0.25, 0.3) is 0 Å². The Morgan fingerprint density at radius 1 is 1.28 bits per heavy atom. The SMILES string of the molecule is NNC(Cc1cc(F)ccc1Br)c1ccc(Br)o1. The van der Waals surface area contributed by atoms with Crippen molar-refractivity contribution >= 4 is 31.9 Å². The summed E-state index contributed by atoms with van der Waals surface area (Å²) in [5.41, 5.74) is 3.49. The van der Waals surface area contributed by atoms with Gasteiger partial charge in [-0.2, -0.15) is 0 Å². The first-order valence-electron chi connectivity index (χ1n) is 5.25. The molecular weight excluding hydrogens is 367 g/mol. The van der Waals surface area contributed by atoms with Crippen LogP contribution < -0.4 is 11.3 Å². The van der Waals surface area contributed by atoms with Gasteiger partial charge in [0.15, 0.2) is 4.67 Å².